The van der Waals surface area contributed by atoms with Crippen LogP contribution < -0.4 is 16.0 Å². The van der Waals surface area contributed by atoms with E-state index in [1.165, 1.54) is 6.92 Å². The minimum Gasteiger partial charge on any atom is -0.336 e. The number of halogens is 3. The van der Waals surface area contributed by atoms with Crippen molar-refractivity contribution in [3.63, 3.8) is 0 Å². The second kappa shape index (κ2) is 8.20. The monoisotopic (exact) mass is 421 g/mol. The molecule has 7 heteroatoms. The molecule has 4 atom stereocenters. The van der Waals surface area contributed by atoms with Gasteiger partial charge in [-0.2, -0.15) is 13.2 Å². The van der Waals surface area contributed by atoms with Crippen LogP contribution in [0.3, 0.4) is 0 Å². The molecule has 0 aliphatic carbocycles. The second-order valence-electron chi connectivity index (χ2n) is 7.88. The van der Waals surface area contributed by atoms with Crippen molar-refractivity contribution in [3.05, 3.63) is 48.5 Å². The molecule has 2 aliphatic rings. The van der Waals surface area contributed by atoms with E-state index in [1.807, 2.05) is 53.4 Å². The molecule has 0 aromatic heterocycles. The van der Waals surface area contributed by atoms with Gasteiger partial charge in [0.05, 0.1) is 17.3 Å². The molecule has 156 valence electrons. The van der Waals surface area contributed by atoms with E-state index in [0.29, 0.717) is 13.1 Å². The Morgan fingerprint density at radius 1 is 1.10 bits per heavy atom. The van der Waals surface area contributed by atoms with E-state index >= 15 is 0 Å². The number of hydrogen-bond acceptors (Lipinski definition) is 4. The molecule has 2 aromatic carbocycles. The highest BCUT2D eigenvalue weighted by molar-refractivity contribution is 7.99. The Morgan fingerprint density at radius 3 is 2.24 bits per heavy atom. The van der Waals surface area contributed by atoms with Gasteiger partial charge in [-0.3, -0.25) is 0 Å². The van der Waals surface area contributed by atoms with Crippen LogP contribution >= 0.6 is 11.8 Å². The van der Waals surface area contributed by atoms with Crippen molar-refractivity contribution in [2.45, 2.75) is 35.4 Å². The van der Waals surface area contributed by atoms with Crippen LogP contribution in [0.15, 0.2) is 58.3 Å². The molecule has 0 amide bonds. The van der Waals surface area contributed by atoms with Crippen molar-refractivity contribution in [1.29, 1.82) is 0 Å². The van der Waals surface area contributed by atoms with Crippen LogP contribution in [-0.4, -0.2) is 31.9 Å². The normalized spacial score (nSPS) is 23.8. The highest BCUT2D eigenvalue weighted by Gasteiger charge is 2.50. The summed E-state index contributed by atoms with van der Waals surface area (Å²) in [6.07, 6.45) is -3.50. The number of piperidine rings is 1. The molecule has 1 saturated heterocycles. The van der Waals surface area contributed by atoms with Gasteiger partial charge < -0.3 is 16.0 Å². The quantitative estimate of drug-likeness (QED) is 0.726. The highest BCUT2D eigenvalue weighted by atomic mass is 32.2. The molecule has 2 aromatic rings. The molecule has 0 spiro atoms. The molecule has 0 bridgehead atoms. The molecule has 1 fully saturated rings. The average Bonchev–Trinajstić information content (AvgIpc) is 2.73. The number of benzene rings is 2. The van der Waals surface area contributed by atoms with Gasteiger partial charge in [0, 0.05) is 22.4 Å². The Bertz CT molecular complexity index is 812. The zero-order valence-corrected chi connectivity index (χ0v) is 17.1. The summed E-state index contributed by atoms with van der Waals surface area (Å²) in [4.78, 5) is 3.91. The third kappa shape index (κ3) is 3.88. The van der Waals surface area contributed by atoms with Gasteiger partial charge in [0.2, 0.25) is 0 Å². The lowest BCUT2D eigenvalue weighted by Crippen LogP contribution is -2.56. The summed E-state index contributed by atoms with van der Waals surface area (Å²) in [6, 6.07) is 14.8. The van der Waals surface area contributed by atoms with Crippen molar-refractivity contribution in [2.24, 2.45) is 23.5 Å². The predicted octanol–water partition coefficient (Wildman–Crippen LogP) is 5.04. The number of para-hydroxylation sites is 2. The van der Waals surface area contributed by atoms with Crippen molar-refractivity contribution < 1.29 is 13.2 Å². The fraction of sp³-hybridized carbons (Fsp3) is 0.455. The van der Waals surface area contributed by atoms with Gasteiger partial charge in [-0.25, -0.2) is 0 Å². The van der Waals surface area contributed by atoms with Gasteiger partial charge in [0.25, 0.3) is 0 Å². The fourth-order valence-corrected chi connectivity index (χ4v) is 5.74. The number of fused-ring (bicyclic) bond motifs is 2. The summed E-state index contributed by atoms with van der Waals surface area (Å²) in [7, 11) is 0. The van der Waals surface area contributed by atoms with E-state index in [2.05, 4.69) is 5.32 Å². The maximum absolute atomic E-state index is 14.1. The first-order valence-corrected chi connectivity index (χ1v) is 10.9. The third-order valence-electron chi connectivity index (χ3n) is 6.22. The summed E-state index contributed by atoms with van der Waals surface area (Å²) in [5.74, 6) is -1.64. The molecule has 0 saturated carbocycles. The van der Waals surface area contributed by atoms with Crippen molar-refractivity contribution in [2.75, 3.05) is 24.5 Å². The molecule has 2 aliphatic heterocycles. The summed E-state index contributed by atoms with van der Waals surface area (Å²) < 4.78 is 42.3. The Kier molecular flexibility index (Phi) is 5.82. The minimum absolute atomic E-state index is 0.0555. The Labute approximate surface area is 173 Å². The third-order valence-corrected chi connectivity index (χ3v) is 7.35. The Balaban J connectivity index is 1.88. The predicted molar refractivity (Wildman–Crippen MR) is 112 cm³/mol. The van der Waals surface area contributed by atoms with Crippen LogP contribution in [0.1, 0.15) is 13.3 Å². The van der Waals surface area contributed by atoms with Crippen LogP contribution in [0.5, 0.6) is 0 Å². The number of rotatable bonds is 4. The van der Waals surface area contributed by atoms with Gasteiger partial charge >= 0.3 is 6.18 Å². The molecule has 3 nitrogen and oxygen atoms in total. The molecule has 4 rings (SSSR count). The number of nitrogens with two attached hydrogens (primary N) is 1. The van der Waals surface area contributed by atoms with E-state index in [1.54, 1.807) is 11.8 Å². The molecule has 0 radical (unpaired) electrons. The lowest BCUT2D eigenvalue weighted by Gasteiger charge is -2.48. The van der Waals surface area contributed by atoms with Gasteiger partial charge in [-0.05, 0) is 55.6 Å². The molecular formula is C22H26F3N3S. The van der Waals surface area contributed by atoms with Crippen LogP contribution in [-0.2, 0) is 0 Å². The highest BCUT2D eigenvalue weighted by Crippen LogP contribution is 2.52. The van der Waals surface area contributed by atoms with Crippen LogP contribution in [0, 0.1) is 17.8 Å². The van der Waals surface area contributed by atoms with Gasteiger partial charge in [0.1, 0.15) is 0 Å². The van der Waals surface area contributed by atoms with Crippen molar-refractivity contribution >= 4 is 23.1 Å². The zero-order chi connectivity index (χ0) is 20.6. The number of alkyl halides is 3. The maximum Gasteiger partial charge on any atom is 0.393 e. The second-order valence-corrected chi connectivity index (χ2v) is 8.96. The smallest absolute Gasteiger partial charge is 0.336 e. The number of hydrogen-bond donors (Lipinski definition) is 2. The van der Waals surface area contributed by atoms with Crippen LogP contribution in [0.25, 0.3) is 0 Å². The van der Waals surface area contributed by atoms with Crippen molar-refractivity contribution in [1.82, 2.24) is 5.32 Å². The zero-order valence-electron chi connectivity index (χ0n) is 16.3. The molecule has 29 heavy (non-hydrogen) atoms. The summed E-state index contributed by atoms with van der Waals surface area (Å²) in [5.41, 5.74) is 7.72. The average molecular weight is 422 g/mol. The van der Waals surface area contributed by atoms with E-state index in [4.69, 9.17) is 5.73 Å². The van der Waals surface area contributed by atoms with E-state index < -0.39 is 18.1 Å². The fourth-order valence-electron chi connectivity index (χ4n) is 4.66. The minimum atomic E-state index is -4.30. The number of nitrogens with zero attached hydrogens (tertiary/aromatic N) is 1. The van der Waals surface area contributed by atoms with Gasteiger partial charge in [-0.1, -0.05) is 43.0 Å². The first-order chi connectivity index (χ1) is 13.9. The van der Waals surface area contributed by atoms with E-state index in [0.717, 1.165) is 34.1 Å². The summed E-state index contributed by atoms with van der Waals surface area (Å²) in [6.45, 7) is 3.06. The standard InChI is InChI=1S/C22H26F3N3S/c1-14(22(23,24)25)21(16-13-27-11-10-15(16)12-26)28-17-6-2-4-8-19(17)29-20-9-5-3-7-18(20)28/h2-9,14-16,21,27H,10-13,26H2,1H3. The first kappa shape index (κ1) is 20.6. The lowest BCUT2D eigenvalue weighted by atomic mass is 9.75. The SMILES string of the molecule is CC(C(C1CNCCC1CN)N1c2ccccc2Sc2ccccc21)C(F)(F)F. The van der Waals surface area contributed by atoms with Gasteiger partial charge in [0.15, 0.2) is 0 Å². The summed E-state index contributed by atoms with van der Waals surface area (Å²) >= 11 is 1.61. The van der Waals surface area contributed by atoms with E-state index in [9.17, 15) is 13.2 Å². The number of anilines is 2. The largest absolute Gasteiger partial charge is 0.393 e. The topological polar surface area (TPSA) is 41.3 Å². The Hall–Kier alpha value is -1.70. The summed E-state index contributed by atoms with van der Waals surface area (Å²) in [5, 5.41) is 3.32. The number of nitrogens with one attached hydrogen (secondary N) is 1. The molecule has 2 heterocycles. The Morgan fingerprint density at radius 2 is 1.69 bits per heavy atom. The first-order valence-electron chi connectivity index (χ1n) is 10.0. The van der Waals surface area contributed by atoms with Crippen molar-refractivity contribution in [3.8, 4) is 0 Å². The van der Waals surface area contributed by atoms with Crippen LogP contribution in [0.4, 0.5) is 24.5 Å². The molecule has 3 N–H and O–H groups in total. The molecule has 4 unspecified atom stereocenters. The van der Waals surface area contributed by atoms with Gasteiger partial charge in [-0.15, -0.1) is 0 Å². The lowest BCUT2D eigenvalue weighted by molar-refractivity contribution is -0.179. The van der Waals surface area contributed by atoms with E-state index in [-0.39, 0.29) is 11.8 Å². The van der Waals surface area contributed by atoms with Crippen LogP contribution in [0.2, 0.25) is 0 Å². The maximum atomic E-state index is 14.1. The molecular weight excluding hydrogens is 395 g/mol.